The maximum absolute atomic E-state index is 6.36. The van der Waals surface area contributed by atoms with Crippen LogP contribution in [-0.4, -0.2) is 19.5 Å². The highest BCUT2D eigenvalue weighted by atomic mass is 16.3. The quantitative estimate of drug-likeness (QED) is 0.168. The van der Waals surface area contributed by atoms with Gasteiger partial charge in [0.1, 0.15) is 11.2 Å². The molecule has 0 atom stereocenters. The average Bonchev–Trinajstić information content (AvgIpc) is 3.91. The molecular formula is C59H36N4O. The molecule has 3 aromatic heterocycles. The van der Waals surface area contributed by atoms with Crippen molar-refractivity contribution in [3.63, 3.8) is 0 Å². The van der Waals surface area contributed by atoms with E-state index >= 15 is 0 Å². The Morgan fingerprint density at radius 1 is 0.312 bits per heavy atom. The number of nitrogens with zero attached hydrogens (tertiary/aromatic N) is 4. The van der Waals surface area contributed by atoms with Crippen molar-refractivity contribution in [2.75, 3.05) is 0 Å². The Labute approximate surface area is 368 Å². The van der Waals surface area contributed by atoms with E-state index in [0.717, 1.165) is 72.1 Å². The van der Waals surface area contributed by atoms with Gasteiger partial charge < -0.3 is 8.98 Å². The van der Waals surface area contributed by atoms with Gasteiger partial charge >= 0.3 is 0 Å². The zero-order chi connectivity index (χ0) is 42.1. The lowest BCUT2D eigenvalue weighted by molar-refractivity contribution is 0.669. The van der Waals surface area contributed by atoms with Crippen LogP contribution in [-0.2, 0) is 0 Å². The molecule has 0 bridgehead atoms. The summed E-state index contributed by atoms with van der Waals surface area (Å²) in [6.45, 7) is 0. The smallest absolute Gasteiger partial charge is 0.164 e. The lowest BCUT2D eigenvalue weighted by Gasteiger charge is -2.21. The minimum Gasteiger partial charge on any atom is -0.456 e. The van der Waals surface area contributed by atoms with Crippen LogP contribution in [0.2, 0.25) is 0 Å². The molecule has 0 amide bonds. The molecule has 0 aliphatic rings. The largest absolute Gasteiger partial charge is 0.456 e. The van der Waals surface area contributed by atoms with Crippen LogP contribution in [0.25, 0.3) is 127 Å². The van der Waals surface area contributed by atoms with Gasteiger partial charge in [-0.3, -0.25) is 0 Å². The van der Waals surface area contributed by atoms with E-state index in [1.54, 1.807) is 0 Å². The standard InChI is InChI=1S/C59H36N4O/c1-4-16-37(17-5-1)49-33-44(59-61-57(40-21-8-3-9-22-40)60-58(62-59)43-29-30-47-46-26-14-15-27-53(46)64-54(47)36-43)34-50(38-18-6-2-7-19-38)56(49)63-52-35-42-24-11-10-23-41(42)32-51(52)48-31-28-39-20-12-13-25-45(39)55(48)63/h1-36H. The van der Waals surface area contributed by atoms with Crippen LogP contribution in [0.3, 0.4) is 0 Å². The summed E-state index contributed by atoms with van der Waals surface area (Å²) in [6, 6.07) is 77.2. The molecule has 0 aliphatic heterocycles. The van der Waals surface area contributed by atoms with E-state index in [2.05, 4.69) is 180 Å². The molecule has 5 heteroatoms. The molecule has 10 aromatic carbocycles. The van der Waals surface area contributed by atoms with Crippen LogP contribution in [0.15, 0.2) is 223 Å². The first kappa shape index (κ1) is 36.0. The molecule has 0 saturated carbocycles. The summed E-state index contributed by atoms with van der Waals surface area (Å²) in [6.07, 6.45) is 0. The summed E-state index contributed by atoms with van der Waals surface area (Å²) >= 11 is 0. The SMILES string of the molecule is c1ccc(-c2nc(-c3cc(-c4ccccc4)c(-n4c5cc6ccccc6cc5c5ccc6ccccc6c54)c(-c4ccccc4)c3)nc(-c3ccc4c(c3)oc3ccccc34)n2)cc1. The molecule has 0 saturated heterocycles. The van der Waals surface area contributed by atoms with Crippen molar-refractivity contribution < 1.29 is 4.42 Å². The third kappa shape index (κ3) is 5.83. The Hall–Kier alpha value is -8.67. The van der Waals surface area contributed by atoms with Crippen molar-refractivity contribution >= 4 is 65.3 Å². The van der Waals surface area contributed by atoms with Crippen LogP contribution < -0.4 is 0 Å². The highest BCUT2D eigenvalue weighted by molar-refractivity contribution is 6.21. The minimum atomic E-state index is 0.568. The van der Waals surface area contributed by atoms with Crippen LogP contribution in [0.4, 0.5) is 0 Å². The molecular weight excluding hydrogens is 781 g/mol. The predicted octanol–water partition coefficient (Wildman–Crippen LogP) is 15.5. The van der Waals surface area contributed by atoms with Crippen molar-refractivity contribution in [3.05, 3.63) is 218 Å². The van der Waals surface area contributed by atoms with Gasteiger partial charge in [0.2, 0.25) is 0 Å². The van der Waals surface area contributed by atoms with E-state index in [0.29, 0.717) is 17.5 Å². The molecule has 13 rings (SSSR count). The average molecular weight is 817 g/mol. The van der Waals surface area contributed by atoms with Gasteiger partial charge in [0.15, 0.2) is 17.5 Å². The van der Waals surface area contributed by atoms with Crippen molar-refractivity contribution in [1.82, 2.24) is 19.5 Å². The number of hydrogen-bond acceptors (Lipinski definition) is 4. The molecule has 0 radical (unpaired) electrons. The number of benzene rings is 10. The number of fused-ring (bicyclic) bond motifs is 9. The Morgan fingerprint density at radius 2 is 0.828 bits per heavy atom. The van der Waals surface area contributed by atoms with Crippen molar-refractivity contribution in [3.8, 4) is 62.1 Å². The fourth-order valence-electron chi connectivity index (χ4n) is 9.59. The number of furan rings is 1. The summed E-state index contributed by atoms with van der Waals surface area (Å²) in [4.78, 5) is 15.7. The molecule has 0 aliphatic carbocycles. The zero-order valence-electron chi connectivity index (χ0n) is 34.5. The summed E-state index contributed by atoms with van der Waals surface area (Å²) in [5, 5.41) is 9.33. The highest BCUT2D eigenvalue weighted by Gasteiger charge is 2.24. The first-order chi connectivity index (χ1) is 31.7. The summed E-state index contributed by atoms with van der Waals surface area (Å²) < 4.78 is 8.88. The number of hydrogen-bond donors (Lipinski definition) is 0. The Morgan fingerprint density at radius 3 is 1.52 bits per heavy atom. The Kier molecular flexibility index (Phi) is 8.15. The van der Waals surface area contributed by atoms with Crippen LogP contribution in [0, 0.1) is 0 Å². The van der Waals surface area contributed by atoms with Crippen LogP contribution in [0.5, 0.6) is 0 Å². The molecule has 0 unspecified atom stereocenters. The van der Waals surface area contributed by atoms with Gasteiger partial charge in [0.05, 0.1) is 16.7 Å². The van der Waals surface area contributed by atoms with E-state index in [4.69, 9.17) is 19.4 Å². The fraction of sp³-hybridized carbons (Fsp3) is 0. The van der Waals surface area contributed by atoms with Crippen molar-refractivity contribution in [1.29, 1.82) is 0 Å². The van der Waals surface area contributed by atoms with E-state index < -0.39 is 0 Å². The van der Waals surface area contributed by atoms with Crippen molar-refractivity contribution in [2.24, 2.45) is 0 Å². The second-order valence-corrected chi connectivity index (χ2v) is 16.4. The second kappa shape index (κ2) is 14.5. The number of rotatable bonds is 6. The molecule has 0 N–H and O–H groups in total. The first-order valence-corrected chi connectivity index (χ1v) is 21.6. The number of para-hydroxylation sites is 1. The molecule has 298 valence electrons. The van der Waals surface area contributed by atoms with Gasteiger partial charge in [-0.15, -0.1) is 0 Å². The monoisotopic (exact) mass is 816 g/mol. The van der Waals surface area contributed by atoms with Gasteiger partial charge in [0.25, 0.3) is 0 Å². The third-order valence-corrected chi connectivity index (χ3v) is 12.6. The van der Waals surface area contributed by atoms with E-state index in [1.165, 1.54) is 37.8 Å². The molecule has 0 spiro atoms. The second-order valence-electron chi connectivity index (χ2n) is 16.4. The lowest BCUT2D eigenvalue weighted by atomic mass is 9.92. The topological polar surface area (TPSA) is 56.7 Å². The van der Waals surface area contributed by atoms with Crippen molar-refractivity contribution in [2.45, 2.75) is 0 Å². The van der Waals surface area contributed by atoms with Gasteiger partial charge in [-0.05, 0) is 69.8 Å². The van der Waals surface area contributed by atoms with Crippen LogP contribution in [0.1, 0.15) is 0 Å². The molecule has 0 fully saturated rings. The Balaban J connectivity index is 1.14. The summed E-state index contributed by atoms with van der Waals surface area (Å²) in [5.41, 5.74) is 11.9. The third-order valence-electron chi connectivity index (χ3n) is 12.6. The summed E-state index contributed by atoms with van der Waals surface area (Å²) in [5.74, 6) is 1.74. The van der Waals surface area contributed by atoms with Gasteiger partial charge in [0, 0.05) is 54.7 Å². The minimum absolute atomic E-state index is 0.568. The lowest BCUT2D eigenvalue weighted by Crippen LogP contribution is -2.04. The first-order valence-electron chi connectivity index (χ1n) is 21.6. The van der Waals surface area contributed by atoms with E-state index in [1.807, 2.05) is 42.5 Å². The molecule has 5 nitrogen and oxygen atoms in total. The Bertz CT molecular complexity index is 3890. The molecule has 64 heavy (non-hydrogen) atoms. The van der Waals surface area contributed by atoms with Crippen LogP contribution >= 0.6 is 0 Å². The van der Waals surface area contributed by atoms with Gasteiger partial charge in [-0.2, -0.15) is 0 Å². The van der Waals surface area contributed by atoms with Gasteiger partial charge in [-0.25, -0.2) is 15.0 Å². The molecule has 3 heterocycles. The van der Waals surface area contributed by atoms with E-state index in [9.17, 15) is 0 Å². The maximum atomic E-state index is 6.36. The highest BCUT2D eigenvalue weighted by Crippen LogP contribution is 2.46. The fourth-order valence-corrected chi connectivity index (χ4v) is 9.59. The maximum Gasteiger partial charge on any atom is 0.164 e. The zero-order valence-corrected chi connectivity index (χ0v) is 34.5. The number of aromatic nitrogens is 4. The summed E-state index contributed by atoms with van der Waals surface area (Å²) in [7, 11) is 0. The predicted molar refractivity (Wildman–Crippen MR) is 264 cm³/mol. The van der Waals surface area contributed by atoms with E-state index in [-0.39, 0.29) is 0 Å². The normalized spacial score (nSPS) is 11.8. The van der Waals surface area contributed by atoms with Gasteiger partial charge in [-0.1, -0.05) is 176 Å². The molecule has 13 aromatic rings.